The smallest absolute Gasteiger partial charge is 0.305 e. The minimum Gasteiger partial charge on any atom is -0.465 e. The molecule has 0 heterocycles. The van der Waals surface area contributed by atoms with E-state index in [-0.39, 0.29) is 5.97 Å². The molecule has 27 heavy (non-hydrogen) atoms. The molecule has 2 nitrogen and oxygen atoms in total. The van der Waals surface area contributed by atoms with Crippen molar-refractivity contribution in [2.45, 2.75) is 143 Å². The summed E-state index contributed by atoms with van der Waals surface area (Å²) in [6, 6.07) is 0. The molecule has 0 amide bonds. The molecule has 0 aliphatic heterocycles. The van der Waals surface area contributed by atoms with Gasteiger partial charge >= 0.3 is 5.97 Å². The van der Waals surface area contributed by atoms with Gasteiger partial charge in [-0.3, -0.25) is 4.79 Å². The van der Waals surface area contributed by atoms with Crippen molar-refractivity contribution in [3.05, 3.63) is 0 Å². The van der Waals surface area contributed by atoms with Crippen LogP contribution in [0.5, 0.6) is 0 Å². The fourth-order valence-electron chi connectivity index (χ4n) is 3.72. The quantitative estimate of drug-likeness (QED) is 0.147. The molecule has 0 aromatic heterocycles. The largest absolute Gasteiger partial charge is 0.465 e. The van der Waals surface area contributed by atoms with Crippen LogP contribution in [0.25, 0.3) is 0 Å². The predicted octanol–water partition coefficient (Wildman–Crippen LogP) is 8.62. The molecule has 0 aromatic carbocycles. The van der Waals surface area contributed by atoms with Crippen LogP contribution in [0.3, 0.4) is 0 Å². The van der Waals surface area contributed by atoms with Crippen LogP contribution in [0.15, 0.2) is 0 Å². The van der Waals surface area contributed by atoms with E-state index in [9.17, 15) is 4.79 Å². The highest BCUT2D eigenvalue weighted by Gasteiger charge is 2.12. The van der Waals surface area contributed by atoms with Crippen molar-refractivity contribution in [1.29, 1.82) is 0 Å². The third-order valence-electron chi connectivity index (χ3n) is 5.65. The van der Waals surface area contributed by atoms with Crippen LogP contribution < -0.4 is 0 Å². The van der Waals surface area contributed by atoms with Gasteiger partial charge < -0.3 is 4.74 Å². The highest BCUT2D eigenvalue weighted by atomic mass is 16.5. The second-order valence-corrected chi connectivity index (χ2v) is 8.47. The van der Waals surface area contributed by atoms with E-state index in [0.29, 0.717) is 18.9 Å². The average Bonchev–Trinajstić information content (AvgIpc) is 2.67. The molecule has 2 heteroatoms. The van der Waals surface area contributed by atoms with Gasteiger partial charge in [0.1, 0.15) is 0 Å². The molecule has 0 aliphatic rings. The SMILES string of the molecule is CCCCCCCCC(=O)OCC(CCCCCCC)CCCCCCC. The lowest BCUT2D eigenvalue weighted by Gasteiger charge is -2.17. The van der Waals surface area contributed by atoms with Crippen molar-refractivity contribution in [2.24, 2.45) is 5.92 Å². The molecule has 0 saturated carbocycles. The Hall–Kier alpha value is -0.530. The number of carbonyl (C=O) groups excluding carboxylic acids is 1. The lowest BCUT2D eigenvalue weighted by molar-refractivity contribution is -0.145. The van der Waals surface area contributed by atoms with Gasteiger partial charge in [-0.2, -0.15) is 0 Å². The Morgan fingerprint density at radius 2 is 1.00 bits per heavy atom. The third kappa shape index (κ3) is 20.0. The monoisotopic (exact) mass is 382 g/mol. The molecular weight excluding hydrogens is 332 g/mol. The molecule has 0 saturated heterocycles. The molecule has 0 N–H and O–H groups in total. The van der Waals surface area contributed by atoms with Crippen LogP contribution in [0.4, 0.5) is 0 Å². The van der Waals surface area contributed by atoms with Gasteiger partial charge in [0.05, 0.1) is 6.61 Å². The minimum atomic E-state index is 0.0347. The summed E-state index contributed by atoms with van der Waals surface area (Å²) in [5.41, 5.74) is 0. The van der Waals surface area contributed by atoms with Crippen LogP contribution in [0.1, 0.15) is 143 Å². The molecule has 0 radical (unpaired) electrons. The maximum atomic E-state index is 12.0. The maximum absolute atomic E-state index is 12.0. The number of ether oxygens (including phenoxy) is 1. The van der Waals surface area contributed by atoms with Gasteiger partial charge in [-0.05, 0) is 25.2 Å². The van der Waals surface area contributed by atoms with Crippen molar-refractivity contribution in [3.63, 3.8) is 0 Å². The molecular formula is C25H50O2. The van der Waals surface area contributed by atoms with E-state index in [1.807, 2.05) is 0 Å². The van der Waals surface area contributed by atoms with Crippen molar-refractivity contribution in [3.8, 4) is 0 Å². The van der Waals surface area contributed by atoms with Gasteiger partial charge in [0.25, 0.3) is 0 Å². The molecule has 0 spiro atoms. The topological polar surface area (TPSA) is 26.3 Å². The van der Waals surface area contributed by atoms with Gasteiger partial charge in [-0.25, -0.2) is 0 Å². The Kier molecular flexibility index (Phi) is 21.3. The van der Waals surface area contributed by atoms with E-state index in [0.717, 1.165) is 6.42 Å². The third-order valence-corrected chi connectivity index (χ3v) is 5.65. The molecule has 162 valence electrons. The highest BCUT2D eigenvalue weighted by Crippen LogP contribution is 2.20. The molecule has 0 fully saturated rings. The zero-order valence-electron chi connectivity index (χ0n) is 19.0. The molecule has 0 aromatic rings. The molecule has 0 unspecified atom stereocenters. The Labute approximate surface area is 171 Å². The highest BCUT2D eigenvalue weighted by molar-refractivity contribution is 5.69. The Morgan fingerprint density at radius 1 is 0.593 bits per heavy atom. The van der Waals surface area contributed by atoms with E-state index in [4.69, 9.17) is 4.74 Å². The Bertz CT molecular complexity index is 287. The first kappa shape index (κ1) is 26.5. The summed E-state index contributed by atoms with van der Waals surface area (Å²) in [6.45, 7) is 7.43. The second kappa shape index (κ2) is 21.8. The first-order valence-corrected chi connectivity index (χ1v) is 12.4. The Morgan fingerprint density at radius 3 is 1.48 bits per heavy atom. The zero-order valence-corrected chi connectivity index (χ0v) is 19.0. The number of rotatable bonds is 21. The van der Waals surface area contributed by atoms with Crippen molar-refractivity contribution in [2.75, 3.05) is 6.61 Å². The fraction of sp³-hybridized carbons (Fsp3) is 0.960. The van der Waals surface area contributed by atoms with E-state index in [2.05, 4.69) is 20.8 Å². The normalized spacial score (nSPS) is 11.3. The average molecular weight is 383 g/mol. The summed E-state index contributed by atoms with van der Waals surface area (Å²) in [4.78, 5) is 12.0. The summed E-state index contributed by atoms with van der Waals surface area (Å²) in [5, 5.41) is 0. The van der Waals surface area contributed by atoms with Gasteiger partial charge in [0, 0.05) is 6.42 Å². The van der Waals surface area contributed by atoms with Crippen LogP contribution in [0.2, 0.25) is 0 Å². The lowest BCUT2D eigenvalue weighted by Crippen LogP contribution is -2.14. The van der Waals surface area contributed by atoms with Gasteiger partial charge in [-0.15, -0.1) is 0 Å². The summed E-state index contributed by atoms with van der Waals surface area (Å²) in [7, 11) is 0. The Balaban J connectivity index is 3.91. The number of carbonyl (C=O) groups is 1. The van der Waals surface area contributed by atoms with Crippen LogP contribution in [-0.4, -0.2) is 12.6 Å². The van der Waals surface area contributed by atoms with Crippen molar-refractivity contribution >= 4 is 5.97 Å². The van der Waals surface area contributed by atoms with Gasteiger partial charge in [-0.1, -0.05) is 117 Å². The summed E-state index contributed by atoms with van der Waals surface area (Å²) in [5.74, 6) is 0.620. The van der Waals surface area contributed by atoms with Crippen LogP contribution in [0, 0.1) is 5.92 Å². The number of hydrogen-bond acceptors (Lipinski definition) is 2. The summed E-state index contributed by atoms with van der Waals surface area (Å²) >= 11 is 0. The van der Waals surface area contributed by atoms with E-state index in [1.165, 1.54) is 109 Å². The second-order valence-electron chi connectivity index (χ2n) is 8.47. The molecule has 0 rings (SSSR count). The minimum absolute atomic E-state index is 0.0347. The first-order valence-electron chi connectivity index (χ1n) is 12.4. The molecule has 0 aliphatic carbocycles. The predicted molar refractivity (Wildman–Crippen MR) is 119 cm³/mol. The number of esters is 1. The van der Waals surface area contributed by atoms with Crippen molar-refractivity contribution < 1.29 is 9.53 Å². The van der Waals surface area contributed by atoms with Gasteiger partial charge in [0.2, 0.25) is 0 Å². The van der Waals surface area contributed by atoms with Gasteiger partial charge in [0.15, 0.2) is 0 Å². The molecule has 0 bridgehead atoms. The zero-order chi connectivity index (χ0) is 20.0. The lowest BCUT2D eigenvalue weighted by atomic mass is 9.95. The first-order chi connectivity index (χ1) is 13.2. The summed E-state index contributed by atoms with van der Waals surface area (Å²) < 4.78 is 5.65. The molecule has 0 atom stereocenters. The maximum Gasteiger partial charge on any atom is 0.305 e. The number of hydrogen-bond donors (Lipinski definition) is 0. The summed E-state index contributed by atoms with van der Waals surface area (Å²) in [6.07, 6.45) is 23.8. The number of unbranched alkanes of at least 4 members (excludes halogenated alkanes) is 13. The van der Waals surface area contributed by atoms with Crippen LogP contribution in [-0.2, 0) is 9.53 Å². The standard InChI is InChI=1S/C25H50O2/c1-4-7-10-13-16-19-22-25(26)27-23-24(20-17-14-11-8-5-2)21-18-15-12-9-6-3/h24H,4-23H2,1-3H3. The fourth-order valence-corrected chi connectivity index (χ4v) is 3.72. The van der Waals surface area contributed by atoms with Crippen molar-refractivity contribution in [1.82, 2.24) is 0 Å². The van der Waals surface area contributed by atoms with E-state index < -0.39 is 0 Å². The van der Waals surface area contributed by atoms with E-state index in [1.54, 1.807) is 0 Å². The van der Waals surface area contributed by atoms with Crippen LogP contribution >= 0.6 is 0 Å². The van der Waals surface area contributed by atoms with E-state index >= 15 is 0 Å².